The highest BCUT2D eigenvalue weighted by molar-refractivity contribution is 5.87. The second-order valence-corrected chi connectivity index (χ2v) is 7.03. The molecule has 1 atom stereocenters. The van der Waals surface area contributed by atoms with E-state index in [1.54, 1.807) is 12.1 Å². The van der Waals surface area contributed by atoms with Crippen molar-refractivity contribution in [3.63, 3.8) is 0 Å². The Hall–Kier alpha value is -2.04. The molecule has 5 heteroatoms. The number of carbonyl (C=O) groups excluding carboxylic acids is 1. The van der Waals surface area contributed by atoms with E-state index in [0.717, 1.165) is 19.3 Å². The van der Waals surface area contributed by atoms with Crippen molar-refractivity contribution in [3.05, 3.63) is 29.8 Å². The zero-order chi connectivity index (χ0) is 18.8. The van der Waals surface area contributed by atoms with Crippen LogP contribution in [0.5, 0.6) is 5.75 Å². The van der Waals surface area contributed by atoms with E-state index in [1.807, 2.05) is 0 Å². The van der Waals surface area contributed by atoms with Crippen molar-refractivity contribution in [2.45, 2.75) is 47.0 Å². The summed E-state index contributed by atoms with van der Waals surface area (Å²) in [5.41, 5.74) is 0.236. The summed E-state index contributed by atoms with van der Waals surface area (Å²) >= 11 is 0. The standard InChI is InChI=1S/C20H30O5/c1-14(2)13-18(15(3)4)20(23)25-12-6-5-11-24-17-9-7-16(8-10-17)19(21)22/h7-10,14-15,18H,5-6,11-13H2,1-4H3,(H,21,22). The minimum absolute atomic E-state index is 0.0380. The van der Waals surface area contributed by atoms with Crippen LogP contribution in [0.2, 0.25) is 0 Å². The van der Waals surface area contributed by atoms with Crippen LogP contribution in [0.15, 0.2) is 24.3 Å². The maximum Gasteiger partial charge on any atom is 0.335 e. The average Bonchev–Trinajstić information content (AvgIpc) is 2.55. The molecule has 0 fully saturated rings. The van der Waals surface area contributed by atoms with Crippen LogP contribution in [-0.2, 0) is 9.53 Å². The Morgan fingerprint density at radius 2 is 1.60 bits per heavy atom. The highest BCUT2D eigenvalue weighted by Gasteiger charge is 2.24. The van der Waals surface area contributed by atoms with Crippen LogP contribution < -0.4 is 4.74 Å². The number of hydrogen-bond acceptors (Lipinski definition) is 4. The number of aromatic carboxylic acids is 1. The fourth-order valence-electron chi connectivity index (χ4n) is 2.52. The van der Waals surface area contributed by atoms with Gasteiger partial charge >= 0.3 is 11.9 Å². The minimum atomic E-state index is -0.953. The van der Waals surface area contributed by atoms with Crippen molar-refractivity contribution in [2.24, 2.45) is 17.8 Å². The summed E-state index contributed by atoms with van der Waals surface area (Å²) in [7, 11) is 0. The topological polar surface area (TPSA) is 72.8 Å². The van der Waals surface area contributed by atoms with Crippen LogP contribution in [-0.4, -0.2) is 30.3 Å². The van der Waals surface area contributed by atoms with Crippen LogP contribution in [0.1, 0.15) is 57.3 Å². The molecule has 0 spiro atoms. The third kappa shape index (κ3) is 8.05. The van der Waals surface area contributed by atoms with Gasteiger partial charge in [0, 0.05) is 0 Å². The van der Waals surface area contributed by atoms with E-state index in [9.17, 15) is 9.59 Å². The number of unbranched alkanes of at least 4 members (excludes halogenated alkanes) is 1. The zero-order valence-electron chi connectivity index (χ0n) is 15.7. The fraction of sp³-hybridized carbons (Fsp3) is 0.600. The Morgan fingerprint density at radius 3 is 2.12 bits per heavy atom. The summed E-state index contributed by atoms with van der Waals surface area (Å²) in [6.45, 7) is 9.24. The van der Waals surface area contributed by atoms with Crippen molar-refractivity contribution >= 4 is 11.9 Å². The largest absolute Gasteiger partial charge is 0.494 e. The summed E-state index contributed by atoms with van der Waals surface area (Å²) < 4.78 is 11.0. The van der Waals surface area contributed by atoms with Crippen molar-refractivity contribution < 1.29 is 24.2 Å². The molecule has 1 rings (SSSR count). The molecule has 0 bridgehead atoms. The summed E-state index contributed by atoms with van der Waals surface area (Å²) in [4.78, 5) is 22.9. The number of esters is 1. The number of carbonyl (C=O) groups is 2. The van der Waals surface area contributed by atoms with E-state index in [0.29, 0.717) is 24.9 Å². The fourth-order valence-corrected chi connectivity index (χ4v) is 2.52. The van der Waals surface area contributed by atoms with E-state index in [1.165, 1.54) is 12.1 Å². The van der Waals surface area contributed by atoms with Gasteiger partial charge in [-0.25, -0.2) is 4.79 Å². The van der Waals surface area contributed by atoms with Crippen molar-refractivity contribution in [2.75, 3.05) is 13.2 Å². The highest BCUT2D eigenvalue weighted by Crippen LogP contribution is 2.21. The predicted molar refractivity (Wildman–Crippen MR) is 96.9 cm³/mol. The Morgan fingerprint density at radius 1 is 1.00 bits per heavy atom. The summed E-state index contributed by atoms with van der Waals surface area (Å²) in [5, 5.41) is 8.83. The molecule has 0 aliphatic carbocycles. The molecule has 0 saturated heterocycles. The molecule has 0 amide bonds. The Bertz CT molecular complexity index is 534. The van der Waals surface area contributed by atoms with Gasteiger partial charge in [-0.05, 0) is 55.4 Å². The van der Waals surface area contributed by atoms with Gasteiger partial charge in [0.05, 0.1) is 24.7 Å². The number of carboxylic acids is 1. The van der Waals surface area contributed by atoms with Gasteiger partial charge in [-0.3, -0.25) is 4.79 Å². The first-order valence-corrected chi connectivity index (χ1v) is 8.94. The van der Waals surface area contributed by atoms with Gasteiger partial charge in [0.1, 0.15) is 5.75 Å². The van der Waals surface area contributed by atoms with Crippen LogP contribution in [0.3, 0.4) is 0 Å². The highest BCUT2D eigenvalue weighted by atomic mass is 16.5. The second-order valence-electron chi connectivity index (χ2n) is 7.03. The average molecular weight is 350 g/mol. The minimum Gasteiger partial charge on any atom is -0.494 e. The van der Waals surface area contributed by atoms with E-state index in [-0.39, 0.29) is 23.4 Å². The van der Waals surface area contributed by atoms with Crippen molar-refractivity contribution in [3.8, 4) is 5.75 Å². The molecular weight excluding hydrogens is 320 g/mol. The molecule has 1 unspecified atom stereocenters. The first-order chi connectivity index (χ1) is 11.8. The normalized spacial score (nSPS) is 12.2. The molecule has 0 aliphatic heterocycles. The lowest BCUT2D eigenvalue weighted by Crippen LogP contribution is -2.24. The van der Waals surface area contributed by atoms with Gasteiger partial charge in [0.2, 0.25) is 0 Å². The van der Waals surface area contributed by atoms with E-state index < -0.39 is 5.97 Å². The van der Waals surface area contributed by atoms with Crippen LogP contribution in [0, 0.1) is 17.8 Å². The lowest BCUT2D eigenvalue weighted by Gasteiger charge is -2.21. The third-order valence-electron chi connectivity index (χ3n) is 3.99. The molecule has 0 saturated carbocycles. The zero-order valence-corrected chi connectivity index (χ0v) is 15.7. The van der Waals surface area contributed by atoms with E-state index in [2.05, 4.69) is 27.7 Å². The van der Waals surface area contributed by atoms with Gasteiger partial charge in [-0.15, -0.1) is 0 Å². The Labute approximate surface area is 150 Å². The lowest BCUT2D eigenvalue weighted by molar-refractivity contribution is -0.151. The van der Waals surface area contributed by atoms with E-state index >= 15 is 0 Å². The molecule has 5 nitrogen and oxygen atoms in total. The van der Waals surface area contributed by atoms with Crippen LogP contribution >= 0.6 is 0 Å². The maximum absolute atomic E-state index is 12.2. The molecule has 25 heavy (non-hydrogen) atoms. The Balaban J connectivity index is 2.22. The molecule has 0 aliphatic rings. The quantitative estimate of drug-likeness (QED) is 0.473. The van der Waals surface area contributed by atoms with Crippen LogP contribution in [0.25, 0.3) is 0 Å². The van der Waals surface area contributed by atoms with E-state index in [4.69, 9.17) is 14.6 Å². The monoisotopic (exact) mass is 350 g/mol. The lowest BCUT2D eigenvalue weighted by atomic mass is 9.88. The number of benzene rings is 1. The summed E-state index contributed by atoms with van der Waals surface area (Å²) in [5.74, 6) is 0.301. The number of hydrogen-bond donors (Lipinski definition) is 1. The Kier molecular flexibility index (Phi) is 9.03. The molecule has 0 aromatic heterocycles. The SMILES string of the molecule is CC(C)CC(C(=O)OCCCCOc1ccc(C(=O)O)cc1)C(C)C. The number of rotatable bonds is 11. The molecule has 1 N–H and O–H groups in total. The van der Waals surface area contributed by atoms with Crippen molar-refractivity contribution in [1.29, 1.82) is 0 Å². The molecule has 140 valence electrons. The summed E-state index contributed by atoms with van der Waals surface area (Å²) in [6.07, 6.45) is 2.36. The molecular formula is C20H30O5. The first kappa shape index (κ1) is 21.0. The number of carboxylic acid groups (broad SMARTS) is 1. The van der Waals surface area contributed by atoms with Crippen LogP contribution in [0.4, 0.5) is 0 Å². The smallest absolute Gasteiger partial charge is 0.335 e. The van der Waals surface area contributed by atoms with Gasteiger partial charge in [0.15, 0.2) is 0 Å². The van der Waals surface area contributed by atoms with Crippen molar-refractivity contribution in [1.82, 2.24) is 0 Å². The van der Waals surface area contributed by atoms with Gasteiger partial charge in [-0.2, -0.15) is 0 Å². The molecule has 1 aromatic carbocycles. The van der Waals surface area contributed by atoms with Gasteiger partial charge in [-0.1, -0.05) is 27.7 Å². The number of ether oxygens (including phenoxy) is 2. The maximum atomic E-state index is 12.2. The van der Waals surface area contributed by atoms with Gasteiger partial charge in [0.25, 0.3) is 0 Å². The molecule has 0 heterocycles. The second kappa shape index (κ2) is 10.7. The molecule has 1 aromatic rings. The first-order valence-electron chi connectivity index (χ1n) is 8.94. The molecule has 0 radical (unpaired) electrons. The third-order valence-corrected chi connectivity index (χ3v) is 3.99. The van der Waals surface area contributed by atoms with Gasteiger partial charge < -0.3 is 14.6 Å². The predicted octanol–water partition coefficient (Wildman–Crippen LogP) is 4.41. The summed E-state index contributed by atoms with van der Waals surface area (Å²) in [6, 6.07) is 6.31.